The van der Waals surface area contributed by atoms with Crippen LogP contribution in [0.15, 0.2) is 65.6 Å². The van der Waals surface area contributed by atoms with Crippen LogP contribution in [0.1, 0.15) is 22.8 Å². The molecular formula is C32H34O9S. The highest BCUT2D eigenvalue weighted by Gasteiger charge is 2.42. The van der Waals surface area contributed by atoms with Crippen LogP contribution in [0.4, 0.5) is 0 Å². The molecule has 10 heteroatoms. The number of hydrogen-bond donors (Lipinski definition) is 0. The molecule has 0 saturated carbocycles. The normalized spacial score (nSPS) is 16.3. The van der Waals surface area contributed by atoms with E-state index in [1.165, 1.54) is 12.1 Å². The van der Waals surface area contributed by atoms with Crippen LogP contribution >= 0.6 is 0 Å². The van der Waals surface area contributed by atoms with E-state index in [2.05, 4.69) is 6.07 Å². The van der Waals surface area contributed by atoms with Crippen LogP contribution in [0.25, 0.3) is 21.9 Å². The van der Waals surface area contributed by atoms with E-state index in [0.717, 1.165) is 33.0 Å². The van der Waals surface area contributed by atoms with Gasteiger partial charge < -0.3 is 28.4 Å². The third-order valence-electron chi connectivity index (χ3n) is 7.21. The molecule has 9 nitrogen and oxygen atoms in total. The van der Waals surface area contributed by atoms with E-state index in [9.17, 15) is 8.42 Å². The first-order valence-corrected chi connectivity index (χ1v) is 14.7. The van der Waals surface area contributed by atoms with Crippen molar-refractivity contribution in [2.75, 3.05) is 41.8 Å². The molecule has 2 atom stereocenters. The molecule has 0 amide bonds. The molecule has 1 fully saturated rings. The predicted octanol–water partition coefficient (Wildman–Crippen LogP) is 5.98. The zero-order valence-corrected chi connectivity index (χ0v) is 25.2. The van der Waals surface area contributed by atoms with Gasteiger partial charge in [0.2, 0.25) is 0 Å². The number of aryl methyl sites for hydroxylation is 2. The fraction of sp³-hybridized carbons (Fsp3) is 0.312. The summed E-state index contributed by atoms with van der Waals surface area (Å²) in [5, 5.41) is 1.74. The number of fused-ring (bicyclic) bond motifs is 1. The summed E-state index contributed by atoms with van der Waals surface area (Å²) in [7, 11) is 2.43. The lowest BCUT2D eigenvalue weighted by atomic mass is 9.91. The van der Waals surface area contributed by atoms with Crippen molar-refractivity contribution in [3.8, 4) is 34.1 Å². The second-order valence-electron chi connectivity index (χ2n) is 9.95. The molecule has 42 heavy (non-hydrogen) atoms. The standard InChI is InChI=1S/C32H34O9S/c1-19-10-12-23(13-11-19)42(33,34)40-17-27-31(41-27)22-15-25(37-5)30(26(16-22)38-6)28-20(2)14-21-8-7-9-24(36-4)29(21)32(28)39-18-35-3/h7-16,27,31H,17-18H2,1-6H3/t27-,31-/m1/s1. The minimum absolute atomic E-state index is 0.0232. The van der Waals surface area contributed by atoms with Crippen molar-refractivity contribution in [1.29, 1.82) is 0 Å². The molecule has 4 aromatic rings. The van der Waals surface area contributed by atoms with Crippen LogP contribution in [-0.4, -0.2) is 56.4 Å². The van der Waals surface area contributed by atoms with Crippen LogP contribution < -0.4 is 18.9 Å². The molecule has 0 N–H and O–H groups in total. The molecule has 0 bridgehead atoms. The fourth-order valence-electron chi connectivity index (χ4n) is 5.10. The second kappa shape index (κ2) is 12.2. The molecule has 5 rings (SSSR count). The van der Waals surface area contributed by atoms with Crippen molar-refractivity contribution in [3.05, 3.63) is 77.4 Å². The lowest BCUT2D eigenvalue weighted by Crippen LogP contribution is -2.11. The van der Waals surface area contributed by atoms with Crippen molar-refractivity contribution < 1.29 is 41.0 Å². The van der Waals surface area contributed by atoms with Crippen molar-refractivity contribution in [3.63, 3.8) is 0 Å². The summed E-state index contributed by atoms with van der Waals surface area (Å²) in [6.45, 7) is 3.78. The summed E-state index contributed by atoms with van der Waals surface area (Å²) in [5.41, 5.74) is 4.12. The maximum absolute atomic E-state index is 12.7. The van der Waals surface area contributed by atoms with Gasteiger partial charge in [0.15, 0.2) is 6.79 Å². The Balaban J connectivity index is 1.50. The van der Waals surface area contributed by atoms with Gasteiger partial charge in [-0.25, -0.2) is 0 Å². The van der Waals surface area contributed by atoms with Crippen LogP contribution in [0.5, 0.6) is 23.0 Å². The molecule has 222 valence electrons. The Morgan fingerprint density at radius 3 is 2.10 bits per heavy atom. The first kappa shape index (κ1) is 29.7. The highest BCUT2D eigenvalue weighted by atomic mass is 32.2. The number of epoxide rings is 1. The first-order valence-electron chi connectivity index (χ1n) is 13.3. The molecule has 0 aromatic heterocycles. The molecule has 0 unspecified atom stereocenters. The van der Waals surface area contributed by atoms with Gasteiger partial charge in [0.25, 0.3) is 10.1 Å². The number of hydrogen-bond acceptors (Lipinski definition) is 9. The van der Waals surface area contributed by atoms with Crippen LogP contribution in [0.2, 0.25) is 0 Å². The summed E-state index contributed by atoms with van der Waals surface area (Å²) in [6.07, 6.45) is -0.838. The monoisotopic (exact) mass is 594 g/mol. The molecule has 0 radical (unpaired) electrons. The van der Waals surface area contributed by atoms with Gasteiger partial charge in [-0.05, 0) is 60.7 Å². The molecule has 1 aliphatic heterocycles. The van der Waals surface area contributed by atoms with Gasteiger partial charge in [-0.2, -0.15) is 8.42 Å². The highest BCUT2D eigenvalue weighted by molar-refractivity contribution is 7.86. The van der Waals surface area contributed by atoms with E-state index < -0.39 is 22.3 Å². The van der Waals surface area contributed by atoms with Gasteiger partial charge in [-0.15, -0.1) is 0 Å². The number of ether oxygens (including phenoxy) is 6. The topological polar surface area (TPSA) is 102 Å². The number of benzene rings is 4. The Labute approximate surface area is 246 Å². The average Bonchev–Trinajstić information content (AvgIpc) is 3.78. The quantitative estimate of drug-likeness (QED) is 0.111. The highest BCUT2D eigenvalue weighted by Crippen LogP contribution is 2.52. The molecule has 1 heterocycles. The van der Waals surface area contributed by atoms with Gasteiger partial charge in [0.05, 0.1) is 43.8 Å². The van der Waals surface area contributed by atoms with Crippen LogP contribution in [0.3, 0.4) is 0 Å². The van der Waals surface area contributed by atoms with Gasteiger partial charge in [0.1, 0.15) is 35.2 Å². The summed E-state index contributed by atoms with van der Waals surface area (Å²) >= 11 is 0. The van der Waals surface area contributed by atoms with Crippen LogP contribution in [0, 0.1) is 13.8 Å². The lowest BCUT2D eigenvalue weighted by Gasteiger charge is -2.22. The predicted molar refractivity (Wildman–Crippen MR) is 158 cm³/mol. The maximum Gasteiger partial charge on any atom is 0.297 e. The van der Waals surface area contributed by atoms with Gasteiger partial charge in [-0.3, -0.25) is 4.18 Å². The number of rotatable bonds is 12. The maximum atomic E-state index is 12.7. The van der Waals surface area contributed by atoms with E-state index in [0.29, 0.717) is 28.6 Å². The van der Waals surface area contributed by atoms with E-state index in [1.54, 1.807) is 40.6 Å². The van der Waals surface area contributed by atoms with Gasteiger partial charge >= 0.3 is 0 Å². The van der Waals surface area contributed by atoms with Gasteiger partial charge in [0, 0.05) is 12.7 Å². The van der Waals surface area contributed by atoms with Gasteiger partial charge in [-0.1, -0.05) is 35.9 Å². The summed E-state index contributed by atoms with van der Waals surface area (Å²) in [4.78, 5) is 0.104. The van der Waals surface area contributed by atoms with Crippen LogP contribution in [-0.2, 0) is 23.8 Å². The molecule has 1 aliphatic rings. The molecule has 0 spiro atoms. The zero-order valence-electron chi connectivity index (χ0n) is 24.4. The molecule has 4 aromatic carbocycles. The Morgan fingerprint density at radius 1 is 0.810 bits per heavy atom. The van der Waals surface area contributed by atoms with E-state index in [1.807, 2.05) is 44.2 Å². The Morgan fingerprint density at radius 2 is 1.48 bits per heavy atom. The minimum atomic E-state index is -3.91. The van der Waals surface area contributed by atoms with E-state index >= 15 is 0 Å². The largest absolute Gasteiger partial charge is 0.496 e. The molecular weight excluding hydrogens is 560 g/mol. The third-order valence-corrected chi connectivity index (χ3v) is 8.50. The van der Waals surface area contributed by atoms with Crippen molar-refractivity contribution >= 4 is 20.9 Å². The molecule has 0 aliphatic carbocycles. The summed E-state index contributed by atoms with van der Waals surface area (Å²) in [5.74, 6) is 2.30. The summed E-state index contributed by atoms with van der Waals surface area (Å²) in [6, 6.07) is 18.1. The SMILES string of the molecule is COCOc1c(-c2c(OC)cc([C@H]3O[C@@H]3COS(=O)(=O)c3ccc(C)cc3)cc2OC)c(C)cc2cccc(OC)c12. The Hall–Kier alpha value is -3.83. The fourth-order valence-corrected chi connectivity index (χ4v) is 6.02. The van der Waals surface area contributed by atoms with E-state index in [-0.39, 0.29) is 18.3 Å². The average molecular weight is 595 g/mol. The van der Waals surface area contributed by atoms with E-state index in [4.69, 9.17) is 32.6 Å². The minimum Gasteiger partial charge on any atom is -0.496 e. The van der Waals surface area contributed by atoms with Crippen molar-refractivity contribution in [1.82, 2.24) is 0 Å². The molecule has 1 saturated heterocycles. The third kappa shape index (κ3) is 5.76. The first-order chi connectivity index (χ1) is 20.2. The lowest BCUT2D eigenvalue weighted by molar-refractivity contribution is 0.0525. The summed E-state index contributed by atoms with van der Waals surface area (Å²) < 4.78 is 65.3. The second-order valence-corrected chi connectivity index (χ2v) is 11.6. The Bertz CT molecular complexity index is 1670. The van der Waals surface area contributed by atoms with Crippen molar-refractivity contribution in [2.45, 2.75) is 31.0 Å². The number of methoxy groups -OCH3 is 4. The Kier molecular flexibility index (Phi) is 8.60. The van der Waals surface area contributed by atoms with Crippen molar-refractivity contribution in [2.24, 2.45) is 0 Å². The smallest absolute Gasteiger partial charge is 0.297 e. The zero-order chi connectivity index (χ0) is 30.0.